The van der Waals surface area contributed by atoms with Gasteiger partial charge in [0.25, 0.3) is 0 Å². The minimum Gasteiger partial charge on any atom is -0.486 e. The van der Waals surface area contributed by atoms with E-state index in [1.165, 1.54) is 6.42 Å². The second kappa shape index (κ2) is 4.69. The van der Waals surface area contributed by atoms with Gasteiger partial charge < -0.3 is 15.2 Å². The smallest absolute Gasteiger partial charge is 0.163 e. The summed E-state index contributed by atoms with van der Waals surface area (Å²) in [5.74, 6) is 2.40. The first-order chi connectivity index (χ1) is 8.72. The summed E-state index contributed by atoms with van der Waals surface area (Å²) in [5.41, 5.74) is 8.05. The zero-order valence-corrected chi connectivity index (χ0v) is 10.8. The van der Waals surface area contributed by atoms with Crippen LogP contribution in [0.15, 0.2) is 12.1 Å². The van der Waals surface area contributed by atoms with Crippen molar-refractivity contribution in [2.75, 3.05) is 32.0 Å². The second-order valence-electron chi connectivity index (χ2n) is 5.32. The first kappa shape index (κ1) is 11.7. The fourth-order valence-corrected chi connectivity index (χ4v) is 2.69. The monoisotopic (exact) mass is 248 g/mol. The van der Waals surface area contributed by atoms with Crippen LogP contribution in [0, 0.1) is 5.92 Å². The van der Waals surface area contributed by atoms with Gasteiger partial charge in [0, 0.05) is 24.8 Å². The summed E-state index contributed by atoms with van der Waals surface area (Å²) >= 11 is 0. The van der Waals surface area contributed by atoms with E-state index in [0.717, 1.165) is 48.3 Å². The Morgan fingerprint density at radius 3 is 2.67 bits per heavy atom. The molecular weight excluding hydrogens is 228 g/mol. The van der Waals surface area contributed by atoms with Crippen molar-refractivity contribution in [2.24, 2.45) is 5.92 Å². The minimum atomic E-state index is 0.607. The Labute approximate surface area is 108 Å². The number of nitrogens with zero attached hydrogens (tertiary/aromatic N) is 1. The highest BCUT2D eigenvalue weighted by Gasteiger charge is 2.21. The van der Waals surface area contributed by atoms with Crippen molar-refractivity contribution in [3.63, 3.8) is 0 Å². The van der Waals surface area contributed by atoms with E-state index in [-0.39, 0.29) is 0 Å². The summed E-state index contributed by atoms with van der Waals surface area (Å²) in [6.07, 6.45) is 1.28. The van der Waals surface area contributed by atoms with Crippen LogP contribution in [0.5, 0.6) is 11.5 Å². The molecule has 1 saturated heterocycles. The number of anilines is 1. The Hall–Kier alpha value is -1.42. The fourth-order valence-electron chi connectivity index (χ4n) is 2.69. The average Bonchev–Trinajstić information content (AvgIpc) is 2.76. The zero-order valence-electron chi connectivity index (χ0n) is 10.8. The summed E-state index contributed by atoms with van der Waals surface area (Å²) in [5, 5.41) is 0. The van der Waals surface area contributed by atoms with Crippen molar-refractivity contribution in [3.05, 3.63) is 17.7 Å². The molecule has 4 heteroatoms. The molecule has 0 bridgehead atoms. The molecule has 3 rings (SSSR count). The molecule has 0 spiro atoms. The molecule has 4 nitrogen and oxygen atoms in total. The highest BCUT2D eigenvalue weighted by Crippen LogP contribution is 2.35. The van der Waals surface area contributed by atoms with Crippen LogP contribution in [-0.4, -0.2) is 31.2 Å². The van der Waals surface area contributed by atoms with E-state index in [0.29, 0.717) is 13.2 Å². The lowest BCUT2D eigenvalue weighted by Crippen LogP contribution is -2.21. The molecule has 0 saturated carbocycles. The van der Waals surface area contributed by atoms with Crippen LogP contribution < -0.4 is 15.2 Å². The van der Waals surface area contributed by atoms with Crippen LogP contribution in [-0.2, 0) is 6.54 Å². The molecule has 0 aromatic heterocycles. The van der Waals surface area contributed by atoms with Crippen LogP contribution in [0.2, 0.25) is 0 Å². The Balaban J connectivity index is 1.79. The van der Waals surface area contributed by atoms with Crippen molar-refractivity contribution in [2.45, 2.75) is 19.9 Å². The number of nitrogens with two attached hydrogens (primary N) is 1. The van der Waals surface area contributed by atoms with Gasteiger partial charge in [0.1, 0.15) is 13.2 Å². The number of ether oxygens (including phenoxy) is 2. The Morgan fingerprint density at radius 1 is 1.28 bits per heavy atom. The molecule has 1 aromatic rings. The summed E-state index contributed by atoms with van der Waals surface area (Å²) in [7, 11) is 0. The standard InChI is InChI=1S/C14H20N2O2/c1-10-2-3-16(8-10)9-11-6-13-14(7-12(11)15)18-5-4-17-13/h6-7,10H,2-5,8-9,15H2,1H3. The van der Waals surface area contributed by atoms with Crippen LogP contribution in [0.25, 0.3) is 0 Å². The number of hydrogen-bond acceptors (Lipinski definition) is 4. The van der Waals surface area contributed by atoms with Crippen molar-refractivity contribution in [1.29, 1.82) is 0 Å². The lowest BCUT2D eigenvalue weighted by molar-refractivity contribution is 0.171. The topological polar surface area (TPSA) is 47.7 Å². The summed E-state index contributed by atoms with van der Waals surface area (Å²) < 4.78 is 11.1. The quantitative estimate of drug-likeness (QED) is 0.812. The molecule has 1 unspecified atom stereocenters. The SMILES string of the molecule is CC1CCN(Cc2cc3c(cc2N)OCCO3)C1. The van der Waals surface area contributed by atoms with E-state index in [1.807, 2.05) is 12.1 Å². The number of benzene rings is 1. The zero-order chi connectivity index (χ0) is 12.5. The van der Waals surface area contributed by atoms with Crippen LogP contribution in [0.4, 0.5) is 5.69 Å². The van der Waals surface area contributed by atoms with Gasteiger partial charge in [-0.05, 0) is 30.5 Å². The summed E-state index contributed by atoms with van der Waals surface area (Å²) in [6.45, 7) is 6.76. The molecule has 2 heterocycles. The Kier molecular flexibility index (Phi) is 3.04. The predicted octanol–water partition coefficient (Wildman–Crippen LogP) is 1.88. The molecule has 2 aliphatic heterocycles. The highest BCUT2D eigenvalue weighted by atomic mass is 16.6. The molecule has 2 N–H and O–H groups in total. The highest BCUT2D eigenvalue weighted by molar-refractivity contribution is 5.58. The molecule has 0 amide bonds. The largest absolute Gasteiger partial charge is 0.486 e. The number of nitrogen functional groups attached to an aromatic ring is 1. The van der Waals surface area contributed by atoms with Crippen molar-refractivity contribution >= 4 is 5.69 Å². The van der Waals surface area contributed by atoms with Crippen molar-refractivity contribution in [1.82, 2.24) is 4.90 Å². The number of hydrogen-bond donors (Lipinski definition) is 1. The maximum absolute atomic E-state index is 6.10. The van der Waals surface area contributed by atoms with E-state index in [1.54, 1.807) is 0 Å². The Bertz CT molecular complexity index is 448. The van der Waals surface area contributed by atoms with Gasteiger partial charge in [-0.25, -0.2) is 0 Å². The average molecular weight is 248 g/mol. The second-order valence-corrected chi connectivity index (χ2v) is 5.32. The maximum atomic E-state index is 6.10. The van der Waals surface area contributed by atoms with Crippen LogP contribution in [0.1, 0.15) is 18.9 Å². The fraction of sp³-hybridized carbons (Fsp3) is 0.571. The third kappa shape index (κ3) is 2.25. The van der Waals surface area contributed by atoms with Gasteiger partial charge in [0.05, 0.1) is 0 Å². The van der Waals surface area contributed by atoms with Crippen LogP contribution in [0.3, 0.4) is 0 Å². The molecule has 2 aliphatic rings. The Morgan fingerprint density at radius 2 is 2.00 bits per heavy atom. The number of rotatable bonds is 2. The lowest BCUT2D eigenvalue weighted by Gasteiger charge is -2.22. The van der Waals surface area contributed by atoms with Gasteiger partial charge in [-0.15, -0.1) is 0 Å². The van der Waals surface area contributed by atoms with Gasteiger partial charge in [0.15, 0.2) is 11.5 Å². The minimum absolute atomic E-state index is 0.607. The van der Waals surface area contributed by atoms with E-state index in [4.69, 9.17) is 15.2 Å². The van der Waals surface area contributed by atoms with Crippen molar-refractivity contribution < 1.29 is 9.47 Å². The first-order valence-corrected chi connectivity index (χ1v) is 6.63. The van der Waals surface area contributed by atoms with E-state index >= 15 is 0 Å². The van der Waals surface area contributed by atoms with Crippen molar-refractivity contribution in [3.8, 4) is 11.5 Å². The van der Waals surface area contributed by atoms with Crippen LogP contribution >= 0.6 is 0 Å². The van der Waals surface area contributed by atoms with E-state index in [2.05, 4.69) is 11.8 Å². The van der Waals surface area contributed by atoms with Gasteiger partial charge in [0.2, 0.25) is 0 Å². The number of fused-ring (bicyclic) bond motifs is 1. The summed E-state index contributed by atoms with van der Waals surface area (Å²) in [4.78, 5) is 2.45. The molecule has 1 fully saturated rings. The summed E-state index contributed by atoms with van der Waals surface area (Å²) in [6, 6.07) is 3.93. The van der Waals surface area contributed by atoms with Gasteiger partial charge in [-0.1, -0.05) is 6.92 Å². The third-order valence-electron chi connectivity index (χ3n) is 3.71. The normalized spacial score (nSPS) is 23.3. The first-order valence-electron chi connectivity index (χ1n) is 6.63. The van der Waals surface area contributed by atoms with Gasteiger partial charge >= 0.3 is 0 Å². The molecule has 1 atom stereocenters. The maximum Gasteiger partial charge on any atom is 0.163 e. The third-order valence-corrected chi connectivity index (χ3v) is 3.71. The number of likely N-dealkylation sites (tertiary alicyclic amines) is 1. The molecule has 1 aromatic carbocycles. The van der Waals surface area contributed by atoms with Gasteiger partial charge in [-0.2, -0.15) is 0 Å². The molecule has 98 valence electrons. The molecule has 0 aliphatic carbocycles. The molecule has 0 radical (unpaired) electrons. The predicted molar refractivity (Wildman–Crippen MR) is 70.9 cm³/mol. The lowest BCUT2D eigenvalue weighted by atomic mass is 10.1. The molecule has 18 heavy (non-hydrogen) atoms. The van der Waals surface area contributed by atoms with E-state index in [9.17, 15) is 0 Å². The van der Waals surface area contributed by atoms with Gasteiger partial charge in [-0.3, -0.25) is 4.90 Å². The van der Waals surface area contributed by atoms with E-state index < -0.39 is 0 Å². The molecular formula is C14H20N2O2.